The van der Waals surface area contributed by atoms with Crippen LogP contribution >= 0.6 is 0 Å². The molecule has 1 aromatic rings. The molecule has 1 aromatic heterocycles. The van der Waals surface area contributed by atoms with Crippen molar-refractivity contribution in [2.24, 2.45) is 11.8 Å². The van der Waals surface area contributed by atoms with Gasteiger partial charge in [0.05, 0.1) is 0 Å². The molecule has 2 saturated heterocycles. The number of hydrogen-bond acceptors (Lipinski definition) is 5. The predicted octanol–water partition coefficient (Wildman–Crippen LogP) is 2.29. The van der Waals surface area contributed by atoms with E-state index in [0.717, 1.165) is 45.6 Å². The molecule has 3 heterocycles. The maximum atomic E-state index is 12.6. The van der Waals surface area contributed by atoms with Gasteiger partial charge in [-0.15, -0.1) is 0 Å². The van der Waals surface area contributed by atoms with Gasteiger partial charge < -0.3 is 14.4 Å². The minimum atomic E-state index is -0.0752. The summed E-state index contributed by atoms with van der Waals surface area (Å²) in [4.78, 5) is 22.9. The molecule has 2 fully saturated rings. The summed E-state index contributed by atoms with van der Waals surface area (Å²) in [5, 5.41) is 2.89. The first-order valence-corrected chi connectivity index (χ1v) is 8.71. The number of carbonyl (C=O) groups is 1. The second-order valence-electron chi connectivity index (χ2n) is 6.52. The molecule has 7 heteroatoms. The molecule has 1 atom stereocenters. The molecular formula is C17H26N4O3. The van der Waals surface area contributed by atoms with Crippen LogP contribution in [0.3, 0.4) is 0 Å². The number of rotatable bonds is 4. The van der Waals surface area contributed by atoms with E-state index in [9.17, 15) is 4.79 Å². The van der Waals surface area contributed by atoms with E-state index < -0.39 is 0 Å². The maximum absolute atomic E-state index is 12.6. The fraction of sp³-hybridized carbons (Fsp3) is 0.706. The van der Waals surface area contributed by atoms with Gasteiger partial charge in [-0.2, -0.15) is 0 Å². The molecule has 1 N–H and O–H groups in total. The van der Waals surface area contributed by atoms with Crippen LogP contribution in [0.1, 0.15) is 31.5 Å². The van der Waals surface area contributed by atoms with Crippen LogP contribution in [0, 0.1) is 11.8 Å². The molecule has 3 rings (SSSR count). The number of likely N-dealkylation sites (tertiary alicyclic amines) is 1. The summed E-state index contributed by atoms with van der Waals surface area (Å²) in [5.74, 6) is 2.36. The summed E-state index contributed by atoms with van der Waals surface area (Å²) < 4.78 is 10.5. The van der Waals surface area contributed by atoms with E-state index in [2.05, 4.69) is 15.3 Å². The second kappa shape index (κ2) is 8.39. The number of hydrogen-bond donors (Lipinski definition) is 1. The minimum absolute atomic E-state index is 0.0752. The quantitative estimate of drug-likeness (QED) is 0.914. The zero-order valence-corrected chi connectivity index (χ0v) is 14.2. The Kier molecular flexibility index (Phi) is 5.98. The zero-order chi connectivity index (χ0) is 16.8. The van der Waals surface area contributed by atoms with Gasteiger partial charge in [-0.05, 0) is 43.6 Å². The highest BCUT2D eigenvalue weighted by Gasteiger charge is 2.30. The number of aromatic nitrogens is 2. The highest BCUT2D eigenvalue weighted by atomic mass is 16.5. The molecule has 1 unspecified atom stereocenters. The van der Waals surface area contributed by atoms with Crippen molar-refractivity contribution in [2.45, 2.75) is 32.3 Å². The summed E-state index contributed by atoms with van der Waals surface area (Å²) in [6.45, 7) is 3.68. The van der Waals surface area contributed by atoms with Crippen LogP contribution in [-0.4, -0.2) is 54.3 Å². The van der Waals surface area contributed by atoms with E-state index in [0.29, 0.717) is 30.1 Å². The van der Waals surface area contributed by atoms with Crippen LogP contribution in [0.5, 0.6) is 0 Å². The van der Waals surface area contributed by atoms with Crippen molar-refractivity contribution in [1.82, 2.24) is 14.9 Å². The van der Waals surface area contributed by atoms with Crippen molar-refractivity contribution in [3.05, 3.63) is 18.1 Å². The van der Waals surface area contributed by atoms with Crippen LogP contribution in [0.2, 0.25) is 0 Å². The Bertz CT molecular complexity index is 548. The number of urea groups is 1. The van der Waals surface area contributed by atoms with Gasteiger partial charge in [0.2, 0.25) is 0 Å². The predicted molar refractivity (Wildman–Crippen MR) is 89.6 cm³/mol. The van der Waals surface area contributed by atoms with Crippen molar-refractivity contribution in [2.75, 3.05) is 38.7 Å². The lowest BCUT2D eigenvalue weighted by Crippen LogP contribution is -2.45. The first-order chi connectivity index (χ1) is 11.8. The monoisotopic (exact) mass is 334 g/mol. The molecule has 0 aromatic carbocycles. The van der Waals surface area contributed by atoms with E-state index in [4.69, 9.17) is 9.47 Å². The first kappa shape index (κ1) is 17.1. The Balaban J connectivity index is 1.57. The zero-order valence-electron chi connectivity index (χ0n) is 14.2. The van der Waals surface area contributed by atoms with Gasteiger partial charge in [0, 0.05) is 39.6 Å². The highest BCUT2D eigenvalue weighted by molar-refractivity contribution is 5.88. The SMILES string of the molecule is COCc1nccc(NC(=O)N2CCCC(C3CCOCC3)C2)n1. The molecule has 2 amide bonds. The number of carbonyl (C=O) groups excluding carboxylic acids is 1. The van der Waals surface area contributed by atoms with Gasteiger partial charge in [-0.1, -0.05) is 0 Å². The van der Waals surface area contributed by atoms with Crippen LogP contribution in [-0.2, 0) is 16.1 Å². The summed E-state index contributed by atoms with van der Waals surface area (Å²) >= 11 is 0. The van der Waals surface area contributed by atoms with Gasteiger partial charge in [-0.3, -0.25) is 5.32 Å². The van der Waals surface area contributed by atoms with E-state index >= 15 is 0 Å². The molecule has 24 heavy (non-hydrogen) atoms. The van der Waals surface area contributed by atoms with Gasteiger partial charge >= 0.3 is 6.03 Å². The number of anilines is 1. The van der Waals surface area contributed by atoms with Crippen LogP contribution < -0.4 is 5.32 Å². The molecule has 0 bridgehead atoms. The van der Waals surface area contributed by atoms with Gasteiger partial charge in [0.15, 0.2) is 5.82 Å². The number of nitrogens with one attached hydrogen (secondary N) is 1. The third-order valence-corrected chi connectivity index (χ3v) is 4.89. The Morgan fingerprint density at radius 3 is 3.00 bits per heavy atom. The van der Waals surface area contributed by atoms with Crippen molar-refractivity contribution in [3.63, 3.8) is 0 Å². The fourth-order valence-corrected chi connectivity index (χ4v) is 3.62. The van der Waals surface area contributed by atoms with E-state index in [-0.39, 0.29) is 6.03 Å². The number of ether oxygens (including phenoxy) is 2. The number of methoxy groups -OCH3 is 1. The first-order valence-electron chi connectivity index (χ1n) is 8.71. The van der Waals surface area contributed by atoms with Crippen LogP contribution in [0.4, 0.5) is 10.6 Å². The fourth-order valence-electron chi connectivity index (χ4n) is 3.62. The normalized spacial score (nSPS) is 22.4. The summed E-state index contributed by atoms with van der Waals surface area (Å²) in [7, 11) is 1.60. The molecule has 0 saturated carbocycles. The van der Waals surface area contributed by atoms with Crippen molar-refractivity contribution < 1.29 is 14.3 Å². The molecule has 7 nitrogen and oxygen atoms in total. The lowest BCUT2D eigenvalue weighted by Gasteiger charge is -2.38. The average Bonchev–Trinajstić information content (AvgIpc) is 2.63. The standard InChI is InChI=1S/C17H26N4O3/c1-23-12-16-18-7-4-15(19-16)20-17(22)21-8-2-3-14(11-21)13-5-9-24-10-6-13/h4,7,13-14H,2-3,5-6,8-12H2,1H3,(H,18,19,20,22). The van der Waals surface area contributed by atoms with E-state index in [1.165, 1.54) is 6.42 Å². The Labute approximate surface area is 142 Å². The van der Waals surface area contributed by atoms with E-state index in [1.807, 2.05) is 4.90 Å². The van der Waals surface area contributed by atoms with Crippen LogP contribution in [0.25, 0.3) is 0 Å². The van der Waals surface area contributed by atoms with Gasteiger partial charge in [-0.25, -0.2) is 14.8 Å². The number of amides is 2. The number of nitrogens with zero attached hydrogens (tertiary/aromatic N) is 3. The number of piperidine rings is 1. The van der Waals surface area contributed by atoms with E-state index in [1.54, 1.807) is 19.4 Å². The largest absolute Gasteiger partial charge is 0.381 e. The average molecular weight is 334 g/mol. The summed E-state index contributed by atoms with van der Waals surface area (Å²) in [5.41, 5.74) is 0. The smallest absolute Gasteiger partial charge is 0.323 e. The molecule has 0 radical (unpaired) electrons. The topological polar surface area (TPSA) is 76.6 Å². The van der Waals surface area contributed by atoms with Crippen molar-refractivity contribution >= 4 is 11.8 Å². The summed E-state index contributed by atoms with van der Waals surface area (Å²) in [6, 6.07) is 1.63. The highest BCUT2D eigenvalue weighted by Crippen LogP contribution is 2.31. The van der Waals surface area contributed by atoms with Crippen molar-refractivity contribution in [1.29, 1.82) is 0 Å². The lowest BCUT2D eigenvalue weighted by molar-refractivity contribution is 0.0322. The molecular weight excluding hydrogens is 308 g/mol. The Morgan fingerprint density at radius 2 is 2.21 bits per heavy atom. The van der Waals surface area contributed by atoms with Gasteiger partial charge in [0.1, 0.15) is 12.4 Å². The molecule has 2 aliphatic rings. The Hall–Kier alpha value is -1.73. The van der Waals surface area contributed by atoms with Gasteiger partial charge in [0.25, 0.3) is 0 Å². The molecule has 2 aliphatic heterocycles. The second-order valence-corrected chi connectivity index (χ2v) is 6.52. The molecule has 0 aliphatic carbocycles. The third-order valence-electron chi connectivity index (χ3n) is 4.89. The summed E-state index contributed by atoms with van der Waals surface area (Å²) in [6.07, 6.45) is 6.14. The molecule has 0 spiro atoms. The van der Waals surface area contributed by atoms with Crippen molar-refractivity contribution in [3.8, 4) is 0 Å². The molecule has 132 valence electrons. The minimum Gasteiger partial charge on any atom is -0.381 e. The lowest BCUT2D eigenvalue weighted by atomic mass is 9.81. The Morgan fingerprint density at radius 1 is 1.38 bits per heavy atom. The maximum Gasteiger partial charge on any atom is 0.323 e. The van der Waals surface area contributed by atoms with Crippen LogP contribution in [0.15, 0.2) is 12.3 Å². The third kappa shape index (κ3) is 4.42.